The van der Waals surface area contributed by atoms with Gasteiger partial charge in [0.05, 0.1) is 17.0 Å². The summed E-state index contributed by atoms with van der Waals surface area (Å²) in [6.45, 7) is 6.78. The lowest BCUT2D eigenvalue weighted by molar-refractivity contribution is -0.153. The fraction of sp³-hybridized carbons (Fsp3) is 0.412. The second-order valence-corrected chi connectivity index (χ2v) is 8.43. The van der Waals surface area contributed by atoms with Crippen molar-refractivity contribution in [2.45, 2.75) is 45.8 Å². The summed E-state index contributed by atoms with van der Waals surface area (Å²) in [5.41, 5.74) is 0.108. The van der Waals surface area contributed by atoms with Crippen LogP contribution in [0.2, 0.25) is 0 Å². The van der Waals surface area contributed by atoms with Crippen LogP contribution in [0.5, 0.6) is 0 Å². The lowest BCUT2D eigenvalue weighted by Gasteiger charge is -2.21. The van der Waals surface area contributed by atoms with Crippen LogP contribution >= 0.6 is 22.7 Å². The van der Waals surface area contributed by atoms with Crippen LogP contribution in [0.1, 0.15) is 33.4 Å². The first kappa shape index (κ1) is 20.1. The van der Waals surface area contributed by atoms with Crippen LogP contribution in [0.3, 0.4) is 0 Å². The van der Waals surface area contributed by atoms with E-state index in [0.29, 0.717) is 5.69 Å². The maximum Gasteiger partial charge on any atom is 0.321 e. The van der Waals surface area contributed by atoms with Gasteiger partial charge in [-0.05, 0) is 39.1 Å². The van der Waals surface area contributed by atoms with E-state index in [-0.39, 0.29) is 6.42 Å². The van der Waals surface area contributed by atoms with E-state index in [1.54, 1.807) is 37.5 Å². The summed E-state index contributed by atoms with van der Waals surface area (Å²) >= 11 is 3.02. The molecule has 2 aromatic rings. The minimum Gasteiger partial charge on any atom is -0.452 e. The zero-order valence-corrected chi connectivity index (χ0v) is 16.6. The molecule has 0 saturated heterocycles. The van der Waals surface area contributed by atoms with Crippen molar-refractivity contribution in [1.82, 2.24) is 15.6 Å². The molecule has 1 atom stereocenters. The lowest BCUT2D eigenvalue weighted by Crippen LogP contribution is -2.50. The number of hydrogen-bond acceptors (Lipinski definition) is 7. The fourth-order valence-electron chi connectivity index (χ4n) is 1.93. The largest absolute Gasteiger partial charge is 0.452 e. The summed E-state index contributed by atoms with van der Waals surface area (Å²) in [6, 6.07) is 3.26. The lowest BCUT2D eigenvalue weighted by atomic mass is 10.1. The molecule has 2 heterocycles. The number of imide groups is 1. The Balaban J connectivity index is 1.83. The second-order valence-electron chi connectivity index (χ2n) is 6.62. The molecule has 0 fully saturated rings. The van der Waals surface area contributed by atoms with E-state index < -0.39 is 29.6 Å². The van der Waals surface area contributed by atoms with Crippen molar-refractivity contribution in [1.29, 1.82) is 0 Å². The Kier molecular flexibility index (Phi) is 6.49. The minimum atomic E-state index is -1.08. The molecule has 2 aromatic heterocycles. The molecular formula is C17H21N3O4S2. The van der Waals surface area contributed by atoms with E-state index in [4.69, 9.17) is 4.74 Å². The Labute approximate surface area is 159 Å². The van der Waals surface area contributed by atoms with E-state index in [1.165, 1.54) is 18.3 Å². The molecule has 0 aliphatic carbocycles. The van der Waals surface area contributed by atoms with Crippen molar-refractivity contribution in [3.63, 3.8) is 0 Å². The molecule has 0 aromatic carbocycles. The molecule has 140 valence electrons. The van der Waals surface area contributed by atoms with Gasteiger partial charge in [-0.25, -0.2) is 9.78 Å². The average molecular weight is 396 g/mol. The third kappa shape index (κ3) is 6.23. The number of rotatable bonds is 5. The van der Waals surface area contributed by atoms with Gasteiger partial charge in [0.2, 0.25) is 0 Å². The molecule has 9 heteroatoms. The number of thiophene rings is 1. The van der Waals surface area contributed by atoms with E-state index in [9.17, 15) is 14.4 Å². The number of hydrogen-bond donors (Lipinski definition) is 2. The first-order valence-electron chi connectivity index (χ1n) is 7.95. The summed E-state index contributed by atoms with van der Waals surface area (Å²) < 4.78 is 5.08. The van der Waals surface area contributed by atoms with Gasteiger partial charge in [0, 0.05) is 10.9 Å². The molecule has 0 bridgehead atoms. The number of thiazole rings is 1. The molecule has 26 heavy (non-hydrogen) atoms. The molecule has 0 aliphatic heterocycles. The highest BCUT2D eigenvalue weighted by Crippen LogP contribution is 2.27. The van der Waals surface area contributed by atoms with Crippen LogP contribution in [0.15, 0.2) is 22.9 Å². The molecule has 0 aliphatic rings. The number of ether oxygens (including phenoxy) is 1. The number of carbonyl (C=O) groups is 3. The van der Waals surface area contributed by atoms with Crippen LogP contribution < -0.4 is 10.6 Å². The van der Waals surface area contributed by atoms with Gasteiger partial charge < -0.3 is 10.1 Å². The summed E-state index contributed by atoms with van der Waals surface area (Å²) in [6.07, 6.45) is -1.11. The smallest absolute Gasteiger partial charge is 0.321 e. The van der Waals surface area contributed by atoms with Gasteiger partial charge in [0.25, 0.3) is 5.91 Å². The zero-order chi connectivity index (χ0) is 19.3. The summed E-state index contributed by atoms with van der Waals surface area (Å²) in [5, 5.41) is 9.33. The highest BCUT2D eigenvalue weighted by Gasteiger charge is 2.22. The molecule has 7 nitrogen and oxygen atoms in total. The average Bonchev–Trinajstić information content (AvgIpc) is 3.15. The Morgan fingerprint density at radius 1 is 1.27 bits per heavy atom. The van der Waals surface area contributed by atoms with Gasteiger partial charge in [-0.1, -0.05) is 6.07 Å². The van der Waals surface area contributed by atoms with Crippen LogP contribution in [-0.4, -0.2) is 34.5 Å². The normalized spacial score (nSPS) is 12.3. The van der Waals surface area contributed by atoms with Crippen molar-refractivity contribution < 1.29 is 19.1 Å². The van der Waals surface area contributed by atoms with Gasteiger partial charge in [-0.15, -0.1) is 22.7 Å². The fourth-order valence-corrected chi connectivity index (χ4v) is 3.56. The van der Waals surface area contributed by atoms with E-state index in [0.717, 1.165) is 9.88 Å². The van der Waals surface area contributed by atoms with E-state index in [2.05, 4.69) is 15.6 Å². The molecule has 2 N–H and O–H groups in total. The van der Waals surface area contributed by atoms with Gasteiger partial charge in [0.1, 0.15) is 5.01 Å². The van der Waals surface area contributed by atoms with Crippen molar-refractivity contribution in [2.24, 2.45) is 0 Å². The molecule has 1 unspecified atom stereocenters. The van der Waals surface area contributed by atoms with Gasteiger partial charge in [-0.3, -0.25) is 14.9 Å². The van der Waals surface area contributed by atoms with E-state index in [1.807, 2.05) is 17.5 Å². The van der Waals surface area contributed by atoms with Gasteiger partial charge >= 0.3 is 12.0 Å². The van der Waals surface area contributed by atoms with Crippen LogP contribution in [0, 0.1) is 0 Å². The Bertz CT molecular complexity index is 778. The van der Waals surface area contributed by atoms with Crippen LogP contribution in [-0.2, 0) is 20.7 Å². The number of nitrogens with one attached hydrogen (secondary N) is 2. The minimum absolute atomic E-state index is 0.0340. The topological polar surface area (TPSA) is 97.4 Å². The standard InChI is InChI=1S/C17H21N3O4S2/c1-10(14(22)19-16(23)20-17(2,3)4)24-13(21)8-11-9-26-15(18-11)12-6-5-7-25-12/h5-7,9-10H,8H2,1-4H3,(H2,19,20,22,23). The molecule has 2 rings (SSSR count). The highest BCUT2D eigenvalue weighted by atomic mass is 32.1. The third-order valence-corrected chi connectivity index (χ3v) is 4.94. The molecular weight excluding hydrogens is 374 g/mol. The summed E-state index contributed by atoms with van der Waals surface area (Å²) in [4.78, 5) is 41.0. The molecule has 0 saturated carbocycles. The molecule has 0 spiro atoms. The van der Waals surface area contributed by atoms with Gasteiger partial charge in [-0.2, -0.15) is 0 Å². The predicted molar refractivity (Wildman–Crippen MR) is 101 cm³/mol. The van der Waals surface area contributed by atoms with Crippen molar-refractivity contribution in [3.8, 4) is 9.88 Å². The van der Waals surface area contributed by atoms with E-state index >= 15 is 0 Å². The van der Waals surface area contributed by atoms with Crippen molar-refractivity contribution in [2.75, 3.05) is 0 Å². The predicted octanol–water partition coefficient (Wildman–Crippen LogP) is 2.97. The van der Waals surface area contributed by atoms with Crippen LogP contribution in [0.4, 0.5) is 4.79 Å². The van der Waals surface area contributed by atoms with Crippen LogP contribution in [0.25, 0.3) is 9.88 Å². The SMILES string of the molecule is CC(OC(=O)Cc1csc(-c2cccs2)n1)C(=O)NC(=O)NC(C)(C)C. The Morgan fingerprint density at radius 3 is 2.62 bits per heavy atom. The number of carbonyl (C=O) groups excluding carboxylic acids is 3. The number of amides is 3. The zero-order valence-electron chi connectivity index (χ0n) is 15.0. The van der Waals surface area contributed by atoms with Crippen molar-refractivity contribution in [3.05, 3.63) is 28.6 Å². The quantitative estimate of drug-likeness (QED) is 0.759. The monoisotopic (exact) mass is 395 g/mol. The first-order chi connectivity index (χ1) is 12.1. The number of aromatic nitrogens is 1. The highest BCUT2D eigenvalue weighted by molar-refractivity contribution is 7.20. The summed E-state index contributed by atoms with van der Waals surface area (Å²) in [7, 11) is 0. The number of urea groups is 1. The maximum atomic E-state index is 12.0. The summed E-state index contributed by atoms with van der Waals surface area (Å²) in [5.74, 6) is -1.26. The second kappa shape index (κ2) is 8.41. The first-order valence-corrected chi connectivity index (χ1v) is 9.71. The molecule has 0 radical (unpaired) electrons. The maximum absolute atomic E-state index is 12.0. The number of nitrogens with zero attached hydrogens (tertiary/aromatic N) is 1. The third-order valence-electron chi connectivity index (χ3n) is 3.01. The Morgan fingerprint density at radius 2 is 2.00 bits per heavy atom. The molecule has 3 amide bonds. The number of esters is 1. The van der Waals surface area contributed by atoms with Gasteiger partial charge in [0.15, 0.2) is 6.10 Å². The Hall–Kier alpha value is -2.26. The van der Waals surface area contributed by atoms with Crippen molar-refractivity contribution >= 4 is 40.6 Å².